The number of rotatable bonds is 4. The molecule has 2 heterocycles. The highest BCUT2D eigenvalue weighted by Gasteiger charge is 2.14. The fourth-order valence-electron chi connectivity index (χ4n) is 2.06. The first kappa shape index (κ1) is 13.5. The zero-order valence-electron chi connectivity index (χ0n) is 11.4. The number of carboxylic acids is 1. The van der Waals surface area contributed by atoms with E-state index in [1.165, 1.54) is 6.20 Å². The number of aromatic carboxylic acids is 1. The number of aromatic nitrogens is 3. The molecule has 5 nitrogen and oxygen atoms in total. The maximum atomic E-state index is 11.0. The Morgan fingerprint density at radius 2 is 2.10 bits per heavy atom. The van der Waals surface area contributed by atoms with Crippen LogP contribution in [0.5, 0.6) is 0 Å². The first-order valence-corrected chi connectivity index (χ1v) is 7.28. The molecule has 0 saturated carbocycles. The van der Waals surface area contributed by atoms with Crippen molar-refractivity contribution in [2.75, 3.05) is 0 Å². The van der Waals surface area contributed by atoms with Crippen LogP contribution < -0.4 is 0 Å². The minimum Gasteiger partial charge on any atom is -0.478 e. The molecule has 1 N–H and O–H groups in total. The average Bonchev–Trinajstić information content (AvgIpc) is 3.08. The zero-order chi connectivity index (χ0) is 14.8. The van der Waals surface area contributed by atoms with E-state index < -0.39 is 5.97 Å². The van der Waals surface area contributed by atoms with Gasteiger partial charge in [-0.25, -0.2) is 9.78 Å². The molecular formula is C15H13N3O2S. The van der Waals surface area contributed by atoms with Gasteiger partial charge in [0.05, 0.1) is 24.1 Å². The summed E-state index contributed by atoms with van der Waals surface area (Å²) in [5.74, 6) is -0.956. The Labute approximate surface area is 125 Å². The summed E-state index contributed by atoms with van der Waals surface area (Å²) in [6, 6.07) is 9.97. The normalized spacial score (nSPS) is 10.7. The van der Waals surface area contributed by atoms with Crippen LogP contribution in [0.2, 0.25) is 0 Å². The van der Waals surface area contributed by atoms with Gasteiger partial charge in [-0.1, -0.05) is 30.3 Å². The molecule has 0 saturated heterocycles. The Bertz CT molecular complexity index is 777. The average molecular weight is 299 g/mol. The zero-order valence-corrected chi connectivity index (χ0v) is 12.2. The van der Waals surface area contributed by atoms with Gasteiger partial charge < -0.3 is 5.11 Å². The minimum absolute atomic E-state index is 0.230. The van der Waals surface area contributed by atoms with Crippen molar-refractivity contribution < 1.29 is 9.90 Å². The Kier molecular flexibility index (Phi) is 3.53. The number of hydrogen-bond acceptors (Lipinski definition) is 4. The molecule has 0 unspecified atom stereocenters. The van der Waals surface area contributed by atoms with Gasteiger partial charge in [0.15, 0.2) is 0 Å². The highest BCUT2D eigenvalue weighted by atomic mass is 32.1. The minimum atomic E-state index is -0.956. The maximum Gasteiger partial charge on any atom is 0.339 e. The summed E-state index contributed by atoms with van der Waals surface area (Å²) < 4.78 is 1.66. The van der Waals surface area contributed by atoms with Crippen LogP contribution in [0.1, 0.15) is 21.7 Å². The molecule has 0 aliphatic heterocycles. The molecule has 6 heteroatoms. The predicted octanol–water partition coefficient (Wildman–Crippen LogP) is 3.06. The monoisotopic (exact) mass is 299 g/mol. The lowest BCUT2D eigenvalue weighted by molar-refractivity contribution is 0.0696. The fourth-order valence-corrected chi connectivity index (χ4v) is 2.88. The van der Waals surface area contributed by atoms with Crippen LogP contribution in [0.4, 0.5) is 0 Å². The summed E-state index contributed by atoms with van der Waals surface area (Å²) in [6.07, 6.45) is 1.38. The SMILES string of the molecule is Cc1c(C(=O)O)cnn1Cc1csc(-c2ccccc2)n1. The number of nitrogens with zero attached hydrogens (tertiary/aromatic N) is 3. The van der Waals surface area contributed by atoms with Gasteiger partial charge in [0.1, 0.15) is 10.6 Å². The molecule has 2 aromatic heterocycles. The lowest BCUT2D eigenvalue weighted by Crippen LogP contribution is -2.06. The maximum absolute atomic E-state index is 11.0. The first-order chi connectivity index (χ1) is 10.1. The van der Waals surface area contributed by atoms with E-state index in [1.54, 1.807) is 22.9 Å². The number of benzene rings is 1. The van der Waals surface area contributed by atoms with Crippen molar-refractivity contribution in [3.8, 4) is 10.6 Å². The molecule has 21 heavy (non-hydrogen) atoms. The van der Waals surface area contributed by atoms with Crippen molar-refractivity contribution in [2.24, 2.45) is 0 Å². The smallest absolute Gasteiger partial charge is 0.339 e. The van der Waals surface area contributed by atoms with Gasteiger partial charge in [0.25, 0.3) is 0 Å². The first-order valence-electron chi connectivity index (χ1n) is 6.40. The molecule has 0 fully saturated rings. The molecule has 106 valence electrons. The van der Waals surface area contributed by atoms with Gasteiger partial charge in [-0.3, -0.25) is 4.68 Å². The van der Waals surface area contributed by atoms with E-state index in [4.69, 9.17) is 5.11 Å². The molecule has 0 amide bonds. The second kappa shape index (κ2) is 5.49. The van der Waals surface area contributed by atoms with Gasteiger partial charge in [0.2, 0.25) is 0 Å². The Hall–Kier alpha value is -2.47. The molecule has 0 atom stereocenters. The summed E-state index contributed by atoms with van der Waals surface area (Å²) in [5.41, 5.74) is 2.82. The highest BCUT2D eigenvalue weighted by Crippen LogP contribution is 2.23. The van der Waals surface area contributed by atoms with Gasteiger partial charge in [0, 0.05) is 10.9 Å². The number of hydrogen-bond donors (Lipinski definition) is 1. The van der Waals surface area contributed by atoms with Crippen LogP contribution in [-0.2, 0) is 6.54 Å². The Balaban J connectivity index is 1.84. The summed E-state index contributed by atoms with van der Waals surface area (Å²) in [4.78, 5) is 15.6. The molecule has 0 aliphatic carbocycles. The van der Waals surface area contributed by atoms with Crippen LogP contribution >= 0.6 is 11.3 Å². The second-order valence-corrected chi connectivity index (χ2v) is 5.47. The van der Waals surface area contributed by atoms with E-state index in [0.717, 1.165) is 16.3 Å². The van der Waals surface area contributed by atoms with E-state index >= 15 is 0 Å². The number of carbonyl (C=O) groups is 1. The summed E-state index contributed by atoms with van der Waals surface area (Å²) in [5, 5.41) is 16.1. The van der Waals surface area contributed by atoms with E-state index in [2.05, 4.69) is 10.1 Å². The van der Waals surface area contributed by atoms with E-state index in [1.807, 2.05) is 35.7 Å². The topological polar surface area (TPSA) is 68.0 Å². The summed E-state index contributed by atoms with van der Waals surface area (Å²) >= 11 is 1.57. The quantitative estimate of drug-likeness (QED) is 0.804. The van der Waals surface area contributed by atoms with Gasteiger partial charge in [-0.2, -0.15) is 5.10 Å². The third-order valence-electron chi connectivity index (χ3n) is 3.22. The van der Waals surface area contributed by atoms with Crippen molar-refractivity contribution in [1.29, 1.82) is 0 Å². The molecule has 0 radical (unpaired) electrons. The highest BCUT2D eigenvalue weighted by molar-refractivity contribution is 7.13. The molecule has 0 aliphatic rings. The van der Waals surface area contributed by atoms with Crippen LogP contribution in [0.25, 0.3) is 10.6 Å². The number of thiazole rings is 1. The lowest BCUT2D eigenvalue weighted by Gasteiger charge is -2.01. The van der Waals surface area contributed by atoms with Gasteiger partial charge in [-0.15, -0.1) is 11.3 Å². The summed E-state index contributed by atoms with van der Waals surface area (Å²) in [6.45, 7) is 2.23. The van der Waals surface area contributed by atoms with Crippen molar-refractivity contribution in [3.05, 3.63) is 58.9 Å². The molecule has 3 aromatic rings. The van der Waals surface area contributed by atoms with Gasteiger partial charge in [-0.05, 0) is 6.92 Å². The third kappa shape index (κ3) is 2.71. The molecular weight excluding hydrogens is 286 g/mol. The molecule has 3 rings (SSSR count). The Morgan fingerprint density at radius 3 is 2.76 bits per heavy atom. The van der Waals surface area contributed by atoms with Crippen molar-refractivity contribution in [3.63, 3.8) is 0 Å². The standard InChI is InChI=1S/C15H13N3O2S/c1-10-13(15(19)20)7-16-18(10)8-12-9-21-14(17-12)11-5-3-2-4-6-11/h2-7,9H,8H2,1H3,(H,19,20). The predicted molar refractivity (Wildman–Crippen MR) is 80.6 cm³/mol. The Morgan fingerprint density at radius 1 is 1.33 bits per heavy atom. The number of carboxylic acid groups (broad SMARTS) is 1. The van der Waals surface area contributed by atoms with Crippen molar-refractivity contribution >= 4 is 17.3 Å². The largest absolute Gasteiger partial charge is 0.478 e. The molecule has 1 aromatic carbocycles. The molecule has 0 spiro atoms. The van der Waals surface area contributed by atoms with E-state index in [0.29, 0.717) is 12.2 Å². The second-order valence-electron chi connectivity index (χ2n) is 4.62. The van der Waals surface area contributed by atoms with Crippen molar-refractivity contribution in [2.45, 2.75) is 13.5 Å². The lowest BCUT2D eigenvalue weighted by atomic mass is 10.2. The third-order valence-corrected chi connectivity index (χ3v) is 4.16. The van der Waals surface area contributed by atoms with Crippen LogP contribution in [0, 0.1) is 6.92 Å². The van der Waals surface area contributed by atoms with Crippen LogP contribution in [0.15, 0.2) is 41.9 Å². The van der Waals surface area contributed by atoms with Crippen LogP contribution in [0.3, 0.4) is 0 Å². The summed E-state index contributed by atoms with van der Waals surface area (Å²) in [7, 11) is 0. The van der Waals surface area contributed by atoms with Crippen molar-refractivity contribution in [1.82, 2.24) is 14.8 Å². The van der Waals surface area contributed by atoms with E-state index in [9.17, 15) is 4.79 Å². The van der Waals surface area contributed by atoms with Crippen LogP contribution in [-0.4, -0.2) is 25.8 Å². The fraction of sp³-hybridized carbons (Fsp3) is 0.133. The van der Waals surface area contributed by atoms with E-state index in [-0.39, 0.29) is 5.56 Å². The molecule has 0 bridgehead atoms. The van der Waals surface area contributed by atoms with Gasteiger partial charge >= 0.3 is 5.97 Å².